The maximum Gasteiger partial charge on any atom is 0.257 e. The highest BCUT2D eigenvalue weighted by molar-refractivity contribution is 7.91. The van der Waals surface area contributed by atoms with Crippen LogP contribution in [0.1, 0.15) is 31.2 Å². The van der Waals surface area contributed by atoms with Crippen LogP contribution < -0.4 is 10.2 Å². The molecular formula is C28H25Cl2FN4O4S. The van der Waals surface area contributed by atoms with Crippen molar-refractivity contribution in [3.63, 3.8) is 0 Å². The minimum atomic E-state index is -3.30. The molecule has 0 aliphatic heterocycles. The van der Waals surface area contributed by atoms with Gasteiger partial charge in [-0.05, 0) is 73.5 Å². The Balaban J connectivity index is 1.29. The van der Waals surface area contributed by atoms with Crippen molar-refractivity contribution < 1.29 is 22.1 Å². The Bertz CT molecular complexity index is 1650. The Labute approximate surface area is 241 Å². The third kappa shape index (κ3) is 5.56. The SMILES string of the molecule is CCS(=O)(=O)c1ccc(N(C)CC(=O)Nc2cc(Cl)c(C3(c4noc(-c5ccc(F)cc5)n4)CC3)c(Cl)c2)cc1. The molecular weight excluding hydrogens is 578 g/mol. The first-order chi connectivity index (χ1) is 19.0. The van der Waals surface area contributed by atoms with Gasteiger partial charge in [-0.3, -0.25) is 4.79 Å². The van der Waals surface area contributed by atoms with E-state index >= 15 is 0 Å². The molecule has 5 rings (SSSR count). The van der Waals surface area contributed by atoms with E-state index in [1.54, 1.807) is 55.3 Å². The van der Waals surface area contributed by atoms with Crippen LogP contribution in [0.3, 0.4) is 0 Å². The number of amides is 1. The molecule has 40 heavy (non-hydrogen) atoms. The van der Waals surface area contributed by atoms with E-state index in [0.717, 1.165) is 0 Å². The molecule has 208 valence electrons. The molecule has 1 N–H and O–H groups in total. The zero-order valence-electron chi connectivity index (χ0n) is 21.6. The van der Waals surface area contributed by atoms with Gasteiger partial charge in [-0.25, -0.2) is 12.8 Å². The van der Waals surface area contributed by atoms with Gasteiger partial charge in [0.25, 0.3) is 5.89 Å². The van der Waals surface area contributed by atoms with Gasteiger partial charge in [0.15, 0.2) is 15.7 Å². The lowest BCUT2D eigenvalue weighted by molar-refractivity contribution is -0.114. The van der Waals surface area contributed by atoms with Gasteiger partial charge in [-0.2, -0.15) is 4.98 Å². The van der Waals surface area contributed by atoms with Gasteiger partial charge in [-0.1, -0.05) is 35.3 Å². The largest absolute Gasteiger partial charge is 0.365 e. The smallest absolute Gasteiger partial charge is 0.257 e. The molecule has 0 unspecified atom stereocenters. The van der Waals surface area contributed by atoms with E-state index in [0.29, 0.717) is 51.2 Å². The van der Waals surface area contributed by atoms with E-state index in [1.807, 2.05) is 0 Å². The number of anilines is 2. The van der Waals surface area contributed by atoms with Gasteiger partial charge in [0, 0.05) is 39.6 Å². The van der Waals surface area contributed by atoms with Crippen LogP contribution in [0.4, 0.5) is 15.8 Å². The highest BCUT2D eigenvalue weighted by atomic mass is 35.5. The summed E-state index contributed by atoms with van der Waals surface area (Å²) in [5, 5.41) is 7.68. The third-order valence-electron chi connectivity index (χ3n) is 6.90. The number of halogens is 3. The maximum absolute atomic E-state index is 13.3. The Hall–Kier alpha value is -3.47. The second kappa shape index (κ2) is 10.8. The number of hydrogen-bond donors (Lipinski definition) is 1. The average Bonchev–Trinajstić information content (AvgIpc) is 3.55. The fourth-order valence-corrected chi connectivity index (χ4v) is 6.26. The molecule has 0 saturated heterocycles. The van der Waals surface area contributed by atoms with Gasteiger partial charge in [0.1, 0.15) is 5.82 Å². The van der Waals surface area contributed by atoms with E-state index in [2.05, 4.69) is 15.5 Å². The number of nitrogens with zero attached hydrogens (tertiary/aromatic N) is 3. The summed E-state index contributed by atoms with van der Waals surface area (Å²) in [6.07, 6.45) is 1.42. The number of hydrogen-bond acceptors (Lipinski definition) is 7. The van der Waals surface area contributed by atoms with Crippen LogP contribution >= 0.6 is 23.2 Å². The van der Waals surface area contributed by atoms with Crippen molar-refractivity contribution in [1.29, 1.82) is 0 Å². The van der Waals surface area contributed by atoms with Crippen molar-refractivity contribution in [2.24, 2.45) is 0 Å². The quantitative estimate of drug-likeness (QED) is 0.245. The van der Waals surface area contributed by atoms with E-state index in [9.17, 15) is 17.6 Å². The summed E-state index contributed by atoms with van der Waals surface area (Å²) < 4.78 is 42.8. The van der Waals surface area contributed by atoms with Crippen LogP contribution in [0.2, 0.25) is 10.0 Å². The van der Waals surface area contributed by atoms with Crippen molar-refractivity contribution >= 4 is 50.3 Å². The second-order valence-corrected chi connectivity index (χ2v) is 12.7. The monoisotopic (exact) mass is 602 g/mol. The van der Waals surface area contributed by atoms with Gasteiger partial charge in [-0.15, -0.1) is 0 Å². The number of carbonyl (C=O) groups excluding carboxylic acids is 1. The summed E-state index contributed by atoms with van der Waals surface area (Å²) in [5.41, 5.74) is 1.75. The molecule has 0 spiro atoms. The number of likely N-dealkylation sites (N-methyl/N-ethyl adjacent to an activating group) is 1. The number of benzene rings is 3. The van der Waals surface area contributed by atoms with Crippen LogP contribution in [0.5, 0.6) is 0 Å². The van der Waals surface area contributed by atoms with Crippen molar-refractivity contribution in [2.75, 3.05) is 29.6 Å². The van der Waals surface area contributed by atoms with Gasteiger partial charge < -0.3 is 14.7 Å². The molecule has 0 atom stereocenters. The van der Waals surface area contributed by atoms with Gasteiger partial charge in [0.05, 0.1) is 22.6 Å². The normalized spacial score (nSPS) is 14.1. The molecule has 3 aromatic carbocycles. The molecule has 12 heteroatoms. The number of nitrogens with one attached hydrogen (secondary N) is 1. The zero-order valence-corrected chi connectivity index (χ0v) is 23.9. The first-order valence-corrected chi connectivity index (χ1v) is 14.9. The number of aromatic nitrogens is 2. The molecule has 0 bridgehead atoms. The molecule has 1 amide bonds. The Morgan fingerprint density at radius 2 is 1.70 bits per heavy atom. The molecule has 8 nitrogen and oxygen atoms in total. The minimum absolute atomic E-state index is 0.00975. The van der Waals surface area contributed by atoms with E-state index in [4.69, 9.17) is 27.7 Å². The third-order valence-corrected chi connectivity index (χ3v) is 9.24. The Kier molecular flexibility index (Phi) is 7.60. The highest BCUT2D eigenvalue weighted by Gasteiger charge is 2.52. The van der Waals surface area contributed by atoms with Crippen LogP contribution in [-0.2, 0) is 20.0 Å². The Morgan fingerprint density at radius 3 is 2.27 bits per heavy atom. The summed E-state index contributed by atoms with van der Waals surface area (Å²) in [6, 6.07) is 15.4. The molecule has 1 fully saturated rings. The molecule has 1 aliphatic rings. The molecule has 1 saturated carbocycles. The number of carbonyl (C=O) groups is 1. The predicted octanol–water partition coefficient (Wildman–Crippen LogP) is 6.13. The second-order valence-electron chi connectivity index (χ2n) is 9.63. The fraction of sp³-hybridized carbons (Fsp3) is 0.250. The van der Waals surface area contributed by atoms with Crippen molar-refractivity contribution in [1.82, 2.24) is 10.1 Å². The number of rotatable bonds is 9. The topological polar surface area (TPSA) is 105 Å². The lowest BCUT2D eigenvalue weighted by Crippen LogP contribution is -2.30. The van der Waals surface area contributed by atoms with Gasteiger partial charge in [0.2, 0.25) is 5.91 Å². The van der Waals surface area contributed by atoms with Gasteiger partial charge >= 0.3 is 0 Å². The first kappa shape index (κ1) is 28.1. The average molecular weight is 604 g/mol. The lowest BCUT2D eigenvalue weighted by Gasteiger charge is -2.20. The highest BCUT2D eigenvalue weighted by Crippen LogP contribution is 2.57. The lowest BCUT2D eigenvalue weighted by atomic mass is 9.94. The fourth-order valence-electron chi connectivity index (χ4n) is 4.52. The van der Waals surface area contributed by atoms with Crippen LogP contribution in [0, 0.1) is 5.82 Å². The van der Waals surface area contributed by atoms with Crippen LogP contribution in [0.25, 0.3) is 11.5 Å². The summed E-state index contributed by atoms with van der Waals surface area (Å²) in [6.45, 7) is 1.60. The molecule has 1 heterocycles. The number of sulfone groups is 1. The molecule has 1 aliphatic carbocycles. The Morgan fingerprint density at radius 1 is 1.07 bits per heavy atom. The van der Waals surface area contributed by atoms with Crippen molar-refractivity contribution in [3.8, 4) is 11.5 Å². The molecule has 1 aromatic heterocycles. The zero-order chi connectivity index (χ0) is 28.7. The summed E-state index contributed by atoms with van der Waals surface area (Å²) in [7, 11) is -1.57. The van der Waals surface area contributed by atoms with E-state index < -0.39 is 15.3 Å². The summed E-state index contributed by atoms with van der Waals surface area (Å²) in [4.78, 5) is 19.2. The predicted molar refractivity (Wildman–Crippen MR) is 152 cm³/mol. The van der Waals surface area contributed by atoms with E-state index in [1.165, 1.54) is 24.3 Å². The summed E-state index contributed by atoms with van der Waals surface area (Å²) >= 11 is 13.4. The van der Waals surface area contributed by atoms with E-state index in [-0.39, 0.29) is 34.8 Å². The summed E-state index contributed by atoms with van der Waals surface area (Å²) in [5.74, 6) is 0.0472. The van der Waals surface area contributed by atoms with Crippen LogP contribution in [0.15, 0.2) is 70.1 Å². The molecule has 0 radical (unpaired) electrons. The van der Waals surface area contributed by atoms with Crippen molar-refractivity contribution in [2.45, 2.75) is 30.1 Å². The van der Waals surface area contributed by atoms with Crippen molar-refractivity contribution in [3.05, 3.63) is 87.9 Å². The van der Waals surface area contributed by atoms with Crippen LogP contribution in [-0.4, -0.2) is 43.8 Å². The molecule has 4 aromatic rings. The maximum atomic E-state index is 13.3. The standard InChI is InChI=1S/C28H25Cl2FN4O4S/c1-3-40(37,38)21-10-8-20(9-11-21)35(2)16-24(36)32-19-14-22(29)25(23(30)15-19)28(12-13-28)27-33-26(39-34-27)17-4-6-18(31)7-5-17/h4-11,14-15H,3,12-13,16H2,1-2H3,(H,32,36). The first-order valence-electron chi connectivity index (χ1n) is 12.5. The minimum Gasteiger partial charge on any atom is -0.365 e.